The standard InChI is InChI=1S/C16H20ClNO/c17-14-5-7-15(8-6-14)18-16(19)13-9-11-3-1-2-4-12(11)10-13/h1-4,13-15H,5-10H2,(H,18,19). The number of carbonyl (C=O) groups excluding carboxylic acids is 1. The molecule has 0 saturated heterocycles. The third-order valence-corrected chi connectivity index (χ3v) is 4.86. The molecule has 1 fully saturated rings. The van der Waals surface area contributed by atoms with Crippen LogP contribution in [-0.2, 0) is 17.6 Å². The Hall–Kier alpha value is -1.02. The third-order valence-electron chi connectivity index (χ3n) is 4.42. The van der Waals surface area contributed by atoms with E-state index >= 15 is 0 Å². The van der Waals surface area contributed by atoms with E-state index in [2.05, 4.69) is 29.6 Å². The Morgan fingerprint density at radius 2 is 1.63 bits per heavy atom. The summed E-state index contributed by atoms with van der Waals surface area (Å²) in [4.78, 5) is 12.3. The summed E-state index contributed by atoms with van der Waals surface area (Å²) >= 11 is 6.09. The molecule has 0 radical (unpaired) electrons. The van der Waals surface area contributed by atoms with Crippen molar-refractivity contribution < 1.29 is 4.79 Å². The van der Waals surface area contributed by atoms with Crippen LogP contribution in [0.5, 0.6) is 0 Å². The molecule has 1 saturated carbocycles. The Balaban J connectivity index is 1.55. The maximum atomic E-state index is 12.3. The van der Waals surface area contributed by atoms with Crippen molar-refractivity contribution in [3.05, 3.63) is 35.4 Å². The second-order valence-corrected chi connectivity index (χ2v) is 6.45. The van der Waals surface area contributed by atoms with Crippen molar-refractivity contribution in [3.8, 4) is 0 Å². The average Bonchev–Trinajstić information content (AvgIpc) is 2.85. The molecular weight excluding hydrogens is 258 g/mol. The summed E-state index contributed by atoms with van der Waals surface area (Å²) in [7, 11) is 0. The number of hydrogen-bond donors (Lipinski definition) is 1. The highest BCUT2D eigenvalue weighted by Crippen LogP contribution is 2.28. The van der Waals surface area contributed by atoms with Gasteiger partial charge in [-0.25, -0.2) is 0 Å². The Labute approximate surface area is 119 Å². The van der Waals surface area contributed by atoms with Gasteiger partial charge in [0.05, 0.1) is 0 Å². The molecule has 102 valence electrons. The highest BCUT2D eigenvalue weighted by Gasteiger charge is 2.29. The summed E-state index contributed by atoms with van der Waals surface area (Å²) in [5, 5.41) is 3.53. The molecular formula is C16H20ClNO. The molecule has 0 spiro atoms. The molecule has 0 atom stereocenters. The first-order valence-electron chi connectivity index (χ1n) is 7.23. The van der Waals surface area contributed by atoms with E-state index in [0.29, 0.717) is 11.4 Å². The number of hydrogen-bond acceptors (Lipinski definition) is 1. The van der Waals surface area contributed by atoms with Gasteiger partial charge in [-0.3, -0.25) is 4.79 Å². The van der Waals surface area contributed by atoms with E-state index in [-0.39, 0.29) is 11.8 Å². The molecule has 1 amide bonds. The zero-order valence-electron chi connectivity index (χ0n) is 11.1. The molecule has 2 aliphatic carbocycles. The fourth-order valence-electron chi connectivity index (χ4n) is 3.26. The molecule has 0 aromatic heterocycles. The minimum absolute atomic E-state index is 0.131. The molecule has 0 unspecified atom stereocenters. The molecule has 0 heterocycles. The molecule has 0 aliphatic heterocycles. The van der Waals surface area contributed by atoms with Crippen molar-refractivity contribution in [2.24, 2.45) is 5.92 Å². The molecule has 1 aromatic carbocycles. The maximum Gasteiger partial charge on any atom is 0.223 e. The van der Waals surface area contributed by atoms with E-state index in [9.17, 15) is 4.79 Å². The van der Waals surface area contributed by atoms with Crippen LogP contribution in [0.1, 0.15) is 36.8 Å². The topological polar surface area (TPSA) is 29.1 Å². The van der Waals surface area contributed by atoms with Gasteiger partial charge in [0.25, 0.3) is 0 Å². The van der Waals surface area contributed by atoms with E-state index in [4.69, 9.17) is 11.6 Å². The quantitative estimate of drug-likeness (QED) is 0.827. The van der Waals surface area contributed by atoms with Crippen LogP contribution in [0.4, 0.5) is 0 Å². The zero-order valence-corrected chi connectivity index (χ0v) is 11.8. The lowest BCUT2D eigenvalue weighted by Crippen LogP contribution is -2.41. The second kappa shape index (κ2) is 5.54. The lowest BCUT2D eigenvalue weighted by Gasteiger charge is -2.26. The van der Waals surface area contributed by atoms with Gasteiger partial charge in [-0.05, 0) is 49.7 Å². The van der Waals surface area contributed by atoms with Gasteiger partial charge in [0.15, 0.2) is 0 Å². The lowest BCUT2D eigenvalue weighted by molar-refractivity contribution is -0.125. The van der Waals surface area contributed by atoms with Crippen molar-refractivity contribution >= 4 is 17.5 Å². The second-order valence-electron chi connectivity index (χ2n) is 5.83. The fraction of sp³-hybridized carbons (Fsp3) is 0.562. The highest BCUT2D eigenvalue weighted by atomic mass is 35.5. The largest absolute Gasteiger partial charge is 0.353 e. The highest BCUT2D eigenvalue weighted by molar-refractivity contribution is 6.20. The van der Waals surface area contributed by atoms with Gasteiger partial charge in [-0.1, -0.05) is 24.3 Å². The number of nitrogens with one attached hydrogen (secondary N) is 1. The molecule has 3 rings (SSSR count). The van der Waals surface area contributed by atoms with E-state index in [1.165, 1.54) is 11.1 Å². The number of alkyl halides is 1. The van der Waals surface area contributed by atoms with E-state index < -0.39 is 0 Å². The lowest BCUT2D eigenvalue weighted by atomic mass is 9.94. The van der Waals surface area contributed by atoms with Crippen molar-refractivity contribution in [2.75, 3.05) is 0 Å². The fourth-order valence-corrected chi connectivity index (χ4v) is 3.51. The van der Waals surface area contributed by atoms with E-state index in [1.807, 2.05) is 0 Å². The van der Waals surface area contributed by atoms with Gasteiger partial charge in [-0.15, -0.1) is 11.6 Å². The number of fused-ring (bicyclic) bond motifs is 1. The molecule has 1 N–H and O–H groups in total. The minimum atomic E-state index is 0.131. The summed E-state index contributed by atoms with van der Waals surface area (Å²) in [6, 6.07) is 8.73. The summed E-state index contributed by atoms with van der Waals surface area (Å²) in [5.41, 5.74) is 2.68. The zero-order chi connectivity index (χ0) is 13.2. The Morgan fingerprint density at radius 3 is 2.21 bits per heavy atom. The Morgan fingerprint density at radius 1 is 1.05 bits per heavy atom. The number of benzene rings is 1. The third kappa shape index (κ3) is 2.94. The van der Waals surface area contributed by atoms with Gasteiger partial charge < -0.3 is 5.32 Å². The van der Waals surface area contributed by atoms with Crippen LogP contribution in [0, 0.1) is 5.92 Å². The van der Waals surface area contributed by atoms with E-state index in [1.54, 1.807) is 0 Å². The monoisotopic (exact) mass is 277 g/mol. The maximum absolute atomic E-state index is 12.3. The van der Waals surface area contributed by atoms with Crippen molar-refractivity contribution in [1.82, 2.24) is 5.32 Å². The van der Waals surface area contributed by atoms with Crippen molar-refractivity contribution in [1.29, 1.82) is 0 Å². The van der Waals surface area contributed by atoms with Crippen molar-refractivity contribution in [3.63, 3.8) is 0 Å². The van der Waals surface area contributed by atoms with Gasteiger partial charge in [0.1, 0.15) is 0 Å². The molecule has 1 aromatic rings. The average molecular weight is 278 g/mol. The van der Waals surface area contributed by atoms with Crippen LogP contribution in [0.2, 0.25) is 0 Å². The summed E-state index contributed by atoms with van der Waals surface area (Å²) in [5.74, 6) is 0.361. The first-order chi connectivity index (χ1) is 9.22. The van der Waals surface area contributed by atoms with Crippen LogP contribution < -0.4 is 5.32 Å². The molecule has 2 nitrogen and oxygen atoms in total. The predicted octanol–water partition coefficient (Wildman–Crippen LogP) is 3.07. The van der Waals surface area contributed by atoms with Gasteiger partial charge in [0.2, 0.25) is 5.91 Å². The number of halogens is 1. The van der Waals surface area contributed by atoms with Crippen LogP contribution in [0.3, 0.4) is 0 Å². The van der Waals surface area contributed by atoms with Gasteiger partial charge in [0, 0.05) is 17.3 Å². The van der Waals surface area contributed by atoms with Gasteiger partial charge >= 0.3 is 0 Å². The summed E-state index contributed by atoms with van der Waals surface area (Å²) in [6.45, 7) is 0. The van der Waals surface area contributed by atoms with Crippen LogP contribution in [0.25, 0.3) is 0 Å². The Kier molecular flexibility index (Phi) is 3.79. The SMILES string of the molecule is O=C(NC1CCC(Cl)CC1)C1Cc2ccccc2C1. The summed E-state index contributed by atoms with van der Waals surface area (Å²) in [6.07, 6.45) is 5.90. The first-order valence-corrected chi connectivity index (χ1v) is 7.67. The normalized spacial score (nSPS) is 27.0. The van der Waals surface area contributed by atoms with Crippen molar-refractivity contribution in [2.45, 2.75) is 49.9 Å². The molecule has 19 heavy (non-hydrogen) atoms. The van der Waals surface area contributed by atoms with Crippen LogP contribution in [-0.4, -0.2) is 17.3 Å². The smallest absolute Gasteiger partial charge is 0.223 e. The number of amides is 1. The molecule has 3 heteroatoms. The number of carbonyl (C=O) groups is 1. The van der Waals surface area contributed by atoms with E-state index in [0.717, 1.165) is 38.5 Å². The number of rotatable bonds is 2. The molecule has 2 aliphatic rings. The predicted molar refractivity (Wildman–Crippen MR) is 77.4 cm³/mol. The first kappa shape index (κ1) is 13.0. The van der Waals surface area contributed by atoms with Gasteiger partial charge in [-0.2, -0.15) is 0 Å². The van der Waals surface area contributed by atoms with Crippen LogP contribution in [0.15, 0.2) is 24.3 Å². The molecule has 0 bridgehead atoms. The Bertz CT molecular complexity index is 441. The minimum Gasteiger partial charge on any atom is -0.353 e. The van der Waals surface area contributed by atoms with Crippen LogP contribution >= 0.6 is 11.6 Å². The summed E-state index contributed by atoms with van der Waals surface area (Å²) < 4.78 is 0.